The third-order valence-electron chi connectivity index (χ3n) is 3.37. The number of hydrogen-bond acceptors (Lipinski definition) is 3. The SMILES string of the molecule is CC(CN(C(=O)[C@@H]1CCCO1)C1CC1)C(=O)O. The zero-order valence-corrected chi connectivity index (χ0v) is 10.1. The lowest BCUT2D eigenvalue weighted by Gasteiger charge is -2.26. The van der Waals surface area contributed by atoms with Crippen LogP contribution in [-0.4, -0.2) is 47.2 Å². The van der Waals surface area contributed by atoms with E-state index in [1.165, 1.54) is 0 Å². The van der Waals surface area contributed by atoms with Crippen LogP contribution in [0, 0.1) is 5.92 Å². The first-order chi connectivity index (χ1) is 8.09. The molecule has 96 valence electrons. The minimum atomic E-state index is -0.851. The van der Waals surface area contributed by atoms with Crippen LogP contribution >= 0.6 is 0 Å². The lowest BCUT2D eigenvalue weighted by molar-refractivity contribution is -0.146. The summed E-state index contributed by atoms with van der Waals surface area (Å²) in [5, 5.41) is 8.91. The third kappa shape index (κ3) is 2.97. The van der Waals surface area contributed by atoms with Crippen LogP contribution in [-0.2, 0) is 14.3 Å². The van der Waals surface area contributed by atoms with Gasteiger partial charge >= 0.3 is 5.97 Å². The lowest BCUT2D eigenvalue weighted by Crippen LogP contribution is -2.43. The highest BCUT2D eigenvalue weighted by atomic mass is 16.5. The molecule has 1 amide bonds. The summed E-state index contributed by atoms with van der Waals surface area (Å²) in [6, 6.07) is 0.244. The Morgan fingerprint density at radius 2 is 2.12 bits per heavy atom. The summed E-state index contributed by atoms with van der Waals surface area (Å²) in [5.41, 5.74) is 0. The number of carbonyl (C=O) groups excluding carboxylic acids is 1. The van der Waals surface area contributed by atoms with Crippen molar-refractivity contribution in [1.82, 2.24) is 4.90 Å². The molecule has 1 aliphatic heterocycles. The summed E-state index contributed by atoms with van der Waals surface area (Å²) in [7, 11) is 0. The van der Waals surface area contributed by atoms with Crippen LogP contribution in [0.2, 0.25) is 0 Å². The molecule has 17 heavy (non-hydrogen) atoms. The van der Waals surface area contributed by atoms with Gasteiger partial charge in [-0.2, -0.15) is 0 Å². The van der Waals surface area contributed by atoms with Gasteiger partial charge in [-0.05, 0) is 25.7 Å². The highest BCUT2D eigenvalue weighted by Gasteiger charge is 2.38. The largest absolute Gasteiger partial charge is 0.481 e. The van der Waals surface area contributed by atoms with Crippen LogP contribution in [0.15, 0.2) is 0 Å². The molecule has 0 aromatic rings. The van der Waals surface area contributed by atoms with Gasteiger partial charge in [-0.15, -0.1) is 0 Å². The molecule has 1 unspecified atom stereocenters. The molecule has 1 N–H and O–H groups in total. The quantitative estimate of drug-likeness (QED) is 0.775. The molecule has 0 aromatic heterocycles. The molecule has 2 rings (SSSR count). The van der Waals surface area contributed by atoms with Gasteiger partial charge in [0, 0.05) is 19.2 Å². The number of rotatable bonds is 5. The Balaban J connectivity index is 1.96. The third-order valence-corrected chi connectivity index (χ3v) is 3.37. The molecule has 5 nitrogen and oxygen atoms in total. The molecule has 1 saturated heterocycles. The van der Waals surface area contributed by atoms with E-state index in [4.69, 9.17) is 9.84 Å². The van der Waals surface area contributed by atoms with E-state index in [1.807, 2.05) is 0 Å². The highest BCUT2D eigenvalue weighted by molar-refractivity contribution is 5.82. The zero-order valence-electron chi connectivity index (χ0n) is 10.1. The Kier molecular flexibility index (Phi) is 3.66. The average Bonchev–Trinajstić information content (AvgIpc) is 2.98. The number of amides is 1. The fourth-order valence-electron chi connectivity index (χ4n) is 2.14. The van der Waals surface area contributed by atoms with Gasteiger partial charge in [0.05, 0.1) is 5.92 Å². The van der Waals surface area contributed by atoms with Gasteiger partial charge in [0.2, 0.25) is 0 Å². The summed E-state index contributed by atoms with van der Waals surface area (Å²) >= 11 is 0. The van der Waals surface area contributed by atoms with E-state index >= 15 is 0 Å². The van der Waals surface area contributed by atoms with Crippen molar-refractivity contribution in [2.24, 2.45) is 5.92 Å². The molecular weight excluding hydrogens is 222 g/mol. The van der Waals surface area contributed by atoms with Crippen LogP contribution in [0.25, 0.3) is 0 Å². The zero-order chi connectivity index (χ0) is 12.4. The van der Waals surface area contributed by atoms with Crippen LogP contribution in [0.3, 0.4) is 0 Å². The maximum Gasteiger partial charge on any atom is 0.308 e. The predicted octanol–water partition coefficient (Wildman–Crippen LogP) is 0.877. The number of carboxylic acids is 1. The first kappa shape index (κ1) is 12.4. The minimum Gasteiger partial charge on any atom is -0.481 e. The average molecular weight is 241 g/mol. The molecule has 5 heteroatoms. The number of hydrogen-bond donors (Lipinski definition) is 1. The van der Waals surface area contributed by atoms with Crippen molar-refractivity contribution in [3.63, 3.8) is 0 Å². The summed E-state index contributed by atoms with van der Waals surface area (Å²) < 4.78 is 5.38. The number of carboxylic acid groups (broad SMARTS) is 1. The lowest BCUT2D eigenvalue weighted by atomic mass is 10.1. The van der Waals surface area contributed by atoms with Crippen LogP contribution in [0.5, 0.6) is 0 Å². The minimum absolute atomic E-state index is 0.0156. The fraction of sp³-hybridized carbons (Fsp3) is 0.833. The van der Waals surface area contributed by atoms with E-state index in [0.717, 1.165) is 25.7 Å². The van der Waals surface area contributed by atoms with E-state index in [9.17, 15) is 9.59 Å². The molecule has 0 bridgehead atoms. The number of aliphatic carboxylic acids is 1. The van der Waals surface area contributed by atoms with E-state index in [1.54, 1.807) is 11.8 Å². The summed E-state index contributed by atoms with van der Waals surface area (Å²) in [5.74, 6) is -1.38. The number of carbonyl (C=O) groups is 2. The summed E-state index contributed by atoms with van der Waals surface area (Å²) in [6.07, 6.45) is 3.33. The normalized spacial score (nSPS) is 25.6. The van der Waals surface area contributed by atoms with Gasteiger partial charge in [-0.1, -0.05) is 6.92 Å². The molecule has 2 fully saturated rings. The van der Waals surface area contributed by atoms with Crippen molar-refractivity contribution in [2.45, 2.75) is 44.8 Å². The second-order valence-electron chi connectivity index (χ2n) is 4.96. The molecule has 2 aliphatic rings. The van der Waals surface area contributed by atoms with Gasteiger partial charge in [-0.25, -0.2) is 0 Å². The van der Waals surface area contributed by atoms with Gasteiger partial charge in [0.15, 0.2) is 0 Å². The van der Waals surface area contributed by atoms with Crippen molar-refractivity contribution >= 4 is 11.9 Å². The Labute approximate surface area is 101 Å². The molecule has 1 aliphatic carbocycles. The maximum absolute atomic E-state index is 12.2. The monoisotopic (exact) mass is 241 g/mol. The first-order valence-corrected chi connectivity index (χ1v) is 6.24. The highest BCUT2D eigenvalue weighted by Crippen LogP contribution is 2.29. The van der Waals surface area contributed by atoms with E-state index in [2.05, 4.69) is 0 Å². The summed E-state index contributed by atoms with van der Waals surface area (Å²) in [6.45, 7) is 2.59. The fourth-order valence-corrected chi connectivity index (χ4v) is 2.14. The Hall–Kier alpha value is -1.10. The van der Waals surface area contributed by atoms with Crippen LogP contribution < -0.4 is 0 Å². The Morgan fingerprint density at radius 1 is 1.41 bits per heavy atom. The van der Waals surface area contributed by atoms with Crippen molar-refractivity contribution in [2.75, 3.05) is 13.2 Å². The van der Waals surface area contributed by atoms with Crippen LogP contribution in [0.1, 0.15) is 32.6 Å². The van der Waals surface area contributed by atoms with Crippen LogP contribution in [0.4, 0.5) is 0 Å². The van der Waals surface area contributed by atoms with E-state index in [-0.39, 0.29) is 18.1 Å². The molecule has 1 heterocycles. The van der Waals surface area contributed by atoms with Gasteiger partial charge in [0.1, 0.15) is 6.10 Å². The molecule has 0 aromatic carbocycles. The molecular formula is C12H19NO4. The maximum atomic E-state index is 12.2. The summed E-state index contributed by atoms with van der Waals surface area (Å²) in [4.78, 5) is 24.8. The first-order valence-electron chi connectivity index (χ1n) is 6.24. The second-order valence-corrected chi connectivity index (χ2v) is 4.96. The second kappa shape index (κ2) is 5.04. The van der Waals surface area contributed by atoms with Crippen molar-refractivity contribution < 1.29 is 19.4 Å². The number of ether oxygens (including phenoxy) is 1. The number of nitrogens with zero attached hydrogens (tertiary/aromatic N) is 1. The van der Waals surface area contributed by atoms with E-state index < -0.39 is 11.9 Å². The van der Waals surface area contributed by atoms with Crippen molar-refractivity contribution in [3.8, 4) is 0 Å². The predicted molar refractivity (Wildman–Crippen MR) is 60.5 cm³/mol. The van der Waals surface area contributed by atoms with Gasteiger partial charge in [-0.3, -0.25) is 9.59 Å². The molecule has 1 saturated carbocycles. The molecule has 2 atom stereocenters. The Bertz CT molecular complexity index is 308. The molecule has 0 spiro atoms. The standard InChI is InChI=1S/C12H19NO4/c1-8(12(15)16)7-13(9-4-5-9)11(14)10-3-2-6-17-10/h8-10H,2-7H2,1H3,(H,15,16)/t8?,10-/m0/s1. The van der Waals surface area contributed by atoms with Gasteiger partial charge < -0.3 is 14.7 Å². The van der Waals surface area contributed by atoms with Crippen molar-refractivity contribution in [3.05, 3.63) is 0 Å². The molecule has 0 radical (unpaired) electrons. The van der Waals surface area contributed by atoms with Crippen molar-refractivity contribution in [1.29, 1.82) is 0 Å². The van der Waals surface area contributed by atoms with E-state index in [0.29, 0.717) is 13.2 Å². The smallest absolute Gasteiger partial charge is 0.308 e. The van der Waals surface area contributed by atoms with Gasteiger partial charge in [0.25, 0.3) is 5.91 Å². The topological polar surface area (TPSA) is 66.8 Å². The Morgan fingerprint density at radius 3 is 2.59 bits per heavy atom.